The minimum Gasteiger partial charge on any atom is -0.494 e. The highest BCUT2D eigenvalue weighted by Gasteiger charge is 2.23. The quantitative estimate of drug-likeness (QED) is 0.446. The summed E-state index contributed by atoms with van der Waals surface area (Å²) in [6.07, 6.45) is 3.55. The van der Waals surface area contributed by atoms with Crippen LogP contribution in [0.5, 0.6) is 17.4 Å². The Labute approximate surface area is 177 Å². The van der Waals surface area contributed by atoms with Crippen molar-refractivity contribution < 1.29 is 14.2 Å². The normalized spacial score (nSPS) is 10.8. The lowest BCUT2D eigenvalue weighted by Crippen LogP contribution is -2.05. The van der Waals surface area contributed by atoms with E-state index in [4.69, 9.17) is 24.2 Å². The molecule has 0 bridgehead atoms. The molecule has 0 unspecified atom stereocenters. The van der Waals surface area contributed by atoms with Crippen molar-refractivity contribution in [2.45, 2.75) is 0 Å². The number of aromatic nitrogens is 5. The Bertz CT molecular complexity index is 1170. The molecule has 0 aliphatic rings. The molecular weight excluding hydrogens is 404 g/mol. The van der Waals surface area contributed by atoms with Gasteiger partial charge in [-0.05, 0) is 18.2 Å². The average molecular weight is 424 g/mol. The first-order valence-corrected chi connectivity index (χ1v) is 10.2. The van der Waals surface area contributed by atoms with Crippen LogP contribution >= 0.6 is 11.9 Å². The number of ether oxygens (including phenoxy) is 3. The van der Waals surface area contributed by atoms with Gasteiger partial charge in [0.1, 0.15) is 22.9 Å². The zero-order valence-corrected chi connectivity index (χ0v) is 17.7. The molecule has 1 aromatic carbocycles. The van der Waals surface area contributed by atoms with Crippen LogP contribution < -0.4 is 18.9 Å². The van der Waals surface area contributed by atoms with E-state index < -0.39 is 0 Å². The van der Waals surface area contributed by atoms with Gasteiger partial charge in [-0.1, -0.05) is 24.1 Å². The summed E-state index contributed by atoms with van der Waals surface area (Å²) in [5.41, 5.74) is 2.26. The van der Waals surface area contributed by atoms with Crippen molar-refractivity contribution in [3.05, 3.63) is 42.6 Å². The number of anilines is 1. The zero-order chi connectivity index (χ0) is 21.1. The zero-order valence-electron chi connectivity index (χ0n) is 16.9. The van der Waals surface area contributed by atoms with Crippen molar-refractivity contribution in [3.63, 3.8) is 0 Å². The molecule has 0 atom stereocenters. The second-order valence-corrected chi connectivity index (χ2v) is 6.67. The molecule has 0 saturated carbocycles. The molecule has 4 rings (SSSR count). The van der Waals surface area contributed by atoms with E-state index in [-0.39, 0.29) is 0 Å². The van der Waals surface area contributed by atoms with E-state index in [0.717, 1.165) is 0 Å². The Morgan fingerprint density at radius 1 is 0.900 bits per heavy atom. The minimum atomic E-state index is 0.467. The number of nitrogens with zero attached hydrogens (tertiary/aromatic N) is 5. The molecule has 30 heavy (non-hydrogen) atoms. The molecule has 0 aliphatic heterocycles. The second-order valence-electron chi connectivity index (χ2n) is 6.06. The maximum atomic E-state index is 5.63. The van der Waals surface area contributed by atoms with E-state index in [1.807, 2.05) is 41.2 Å². The topological polar surface area (TPSA) is 96.2 Å². The summed E-state index contributed by atoms with van der Waals surface area (Å²) in [6.45, 7) is 0. The molecule has 10 heteroatoms. The molecule has 0 radical (unpaired) electrons. The number of imidazole rings is 1. The first-order valence-electron chi connectivity index (χ1n) is 8.97. The summed E-state index contributed by atoms with van der Waals surface area (Å²) in [5.74, 6) is 2.82. The van der Waals surface area contributed by atoms with Crippen LogP contribution in [0.1, 0.15) is 0 Å². The summed E-state index contributed by atoms with van der Waals surface area (Å²) >= 11 is 1.43. The van der Waals surface area contributed by atoms with Crippen LogP contribution in [0.3, 0.4) is 0 Å². The fourth-order valence-corrected chi connectivity index (χ4v) is 3.40. The molecule has 0 fully saturated rings. The van der Waals surface area contributed by atoms with E-state index in [2.05, 4.69) is 14.7 Å². The summed E-state index contributed by atoms with van der Waals surface area (Å²) < 4.78 is 21.5. The number of hydrogen-bond acceptors (Lipinski definition) is 9. The number of rotatable bonds is 7. The van der Waals surface area contributed by atoms with Gasteiger partial charge in [-0.15, -0.1) is 0 Å². The molecule has 0 spiro atoms. The van der Waals surface area contributed by atoms with Crippen LogP contribution in [0.4, 0.5) is 5.82 Å². The standard InChI is InChI=1S/C20H20N6O3S/c1-27-13-8-6-9-14(28-2)17(13)26-19(12-7-5-10-16(22-12)29-3)24-18-20(26)23-15(11-21-18)25-30-4/h5-11H,1-4H3,(H,23,25). The van der Waals surface area contributed by atoms with Gasteiger partial charge in [-0.25, -0.2) is 19.9 Å². The average Bonchev–Trinajstić information content (AvgIpc) is 3.17. The maximum absolute atomic E-state index is 5.63. The van der Waals surface area contributed by atoms with Crippen molar-refractivity contribution in [1.82, 2.24) is 24.5 Å². The third-order valence-electron chi connectivity index (χ3n) is 4.36. The number of benzene rings is 1. The van der Waals surface area contributed by atoms with E-state index in [1.165, 1.54) is 11.9 Å². The van der Waals surface area contributed by atoms with Gasteiger partial charge in [0, 0.05) is 12.3 Å². The van der Waals surface area contributed by atoms with Crippen LogP contribution in [-0.2, 0) is 0 Å². The number of para-hydroxylation sites is 1. The van der Waals surface area contributed by atoms with Gasteiger partial charge < -0.3 is 18.9 Å². The molecule has 4 aromatic rings. The lowest BCUT2D eigenvalue weighted by molar-refractivity contribution is 0.391. The van der Waals surface area contributed by atoms with Gasteiger partial charge in [0.05, 0.1) is 27.5 Å². The number of fused-ring (bicyclic) bond motifs is 1. The fourth-order valence-electron chi connectivity index (χ4n) is 3.09. The second kappa shape index (κ2) is 8.46. The van der Waals surface area contributed by atoms with Gasteiger partial charge >= 0.3 is 0 Å². The summed E-state index contributed by atoms with van der Waals surface area (Å²) in [6, 6.07) is 11.0. The van der Waals surface area contributed by atoms with Crippen molar-refractivity contribution >= 4 is 29.1 Å². The predicted octanol–water partition coefficient (Wildman–Crippen LogP) is 3.59. The van der Waals surface area contributed by atoms with Gasteiger partial charge in [0.15, 0.2) is 22.9 Å². The first-order chi connectivity index (χ1) is 14.7. The third kappa shape index (κ3) is 3.45. The first kappa shape index (κ1) is 19.8. The van der Waals surface area contributed by atoms with Crippen LogP contribution in [0.2, 0.25) is 0 Å². The van der Waals surface area contributed by atoms with Crippen LogP contribution in [-0.4, -0.2) is 52.1 Å². The molecule has 0 saturated heterocycles. The number of methoxy groups -OCH3 is 3. The maximum Gasteiger partial charge on any atom is 0.213 e. The Morgan fingerprint density at radius 2 is 1.63 bits per heavy atom. The monoisotopic (exact) mass is 424 g/mol. The lowest BCUT2D eigenvalue weighted by Gasteiger charge is -2.16. The van der Waals surface area contributed by atoms with Gasteiger partial charge in [0.25, 0.3) is 0 Å². The highest BCUT2D eigenvalue weighted by atomic mass is 32.2. The van der Waals surface area contributed by atoms with Gasteiger partial charge in [-0.2, -0.15) is 0 Å². The highest BCUT2D eigenvalue weighted by Crippen LogP contribution is 2.37. The van der Waals surface area contributed by atoms with Crippen molar-refractivity contribution in [1.29, 1.82) is 0 Å². The largest absolute Gasteiger partial charge is 0.494 e. The molecule has 0 amide bonds. The number of nitrogens with one attached hydrogen (secondary N) is 1. The molecule has 1 N–H and O–H groups in total. The SMILES string of the molecule is COc1cccc(-c2nc3ncc(NSC)nc3n2-c2c(OC)cccc2OC)n1. The van der Waals surface area contributed by atoms with E-state index >= 15 is 0 Å². The smallest absolute Gasteiger partial charge is 0.213 e. The van der Waals surface area contributed by atoms with Gasteiger partial charge in [0.2, 0.25) is 5.88 Å². The number of pyridine rings is 1. The van der Waals surface area contributed by atoms with Crippen LogP contribution in [0.25, 0.3) is 28.5 Å². The Kier molecular flexibility index (Phi) is 5.57. The van der Waals surface area contributed by atoms with E-state index in [1.54, 1.807) is 33.6 Å². The Balaban J connectivity index is 2.09. The Morgan fingerprint density at radius 3 is 2.30 bits per heavy atom. The molecule has 3 heterocycles. The summed E-state index contributed by atoms with van der Waals surface area (Å²) in [4.78, 5) is 18.5. The van der Waals surface area contributed by atoms with Crippen molar-refractivity contribution in [2.24, 2.45) is 0 Å². The van der Waals surface area contributed by atoms with E-state index in [9.17, 15) is 0 Å². The molecular formula is C20H20N6O3S. The minimum absolute atomic E-state index is 0.467. The Hall–Kier alpha value is -3.53. The lowest BCUT2D eigenvalue weighted by atomic mass is 10.2. The van der Waals surface area contributed by atoms with Crippen molar-refractivity contribution in [3.8, 4) is 34.6 Å². The molecule has 3 aromatic heterocycles. The summed E-state index contributed by atoms with van der Waals surface area (Å²) in [7, 11) is 4.78. The molecule has 154 valence electrons. The third-order valence-corrected chi connectivity index (χ3v) is 4.78. The highest BCUT2D eigenvalue weighted by molar-refractivity contribution is 7.99. The predicted molar refractivity (Wildman–Crippen MR) is 117 cm³/mol. The number of hydrogen-bond donors (Lipinski definition) is 1. The fraction of sp³-hybridized carbons (Fsp3) is 0.200. The summed E-state index contributed by atoms with van der Waals surface area (Å²) in [5, 5.41) is 0. The van der Waals surface area contributed by atoms with Crippen molar-refractivity contribution in [2.75, 3.05) is 32.3 Å². The van der Waals surface area contributed by atoms with Crippen LogP contribution in [0.15, 0.2) is 42.6 Å². The van der Waals surface area contributed by atoms with E-state index in [0.29, 0.717) is 51.7 Å². The molecule has 9 nitrogen and oxygen atoms in total. The van der Waals surface area contributed by atoms with Crippen LogP contribution in [0, 0.1) is 0 Å². The van der Waals surface area contributed by atoms with Gasteiger partial charge in [-0.3, -0.25) is 4.57 Å². The molecule has 0 aliphatic carbocycles.